The number of hydrogen-bond acceptors (Lipinski definition) is 4. The van der Waals surface area contributed by atoms with Crippen molar-refractivity contribution < 1.29 is 9.53 Å². The van der Waals surface area contributed by atoms with Crippen molar-refractivity contribution in [1.29, 1.82) is 0 Å². The summed E-state index contributed by atoms with van der Waals surface area (Å²) in [4.78, 5) is 18.7. The molecule has 1 fully saturated rings. The number of likely N-dealkylation sites (tertiary alicyclic amines) is 1. The zero-order valence-corrected chi connectivity index (χ0v) is 15.0. The largest absolute Gasteiger partial charge is 0.496 e. The number of carbonyl (C=O) groups is 1. The van der Waals surface area contributed by atoms with Crippen LogP contribution in [0.25, 0.3) is 0 Å². The number of methoxy groups -OCH3 is 1. The number of ether oxygens (including phenoxy) is 1. The Morgan fingerprint density at radius 1 is 1.40 bits per heavy atom. The third-order valence-corrected chi connectivity index (χ3v) is 4.79. The lowest BCUT2D eigenvalue weighted by Gasteiger charge is -2.32. The van der Waals surface area contributed by atoms with E-state index in [4.69, 9.17) is 4.74 Å². The summed E-state index contributed by atoms with van der Waals surface area (Å²) in [7, 11) is 1.65. The van der Waals surface area contributed by atoms with E-state index in [2.05, 4.69) is 26.6 Å². The number of amides is 2. The molecule has 1 saturated heterocycles. The summed E-state index contributed by atoms with van der Waals surface area (Å²) in [6.45, 7) is 5.45. The summed E-state index contributed by atoms with van der Waals surface area (Å²) >= 11 is 0. The minimum absolute atomic E-state index is 0.0351. The number of nitrogens with one attached hydrogen (secondary N) is 2. The van der Waals surface area contributed by atoms with Gasteiger partial charge in [0.05, 0.1) is 13.2 Å². The second kappa shape index (κ2) is 7.55. The average Bonchev–Trinajstić information content (AvgIpc) is 3.16. The van der Waals surface area contributed by atoms with Gasteiger partial charge in [0.2, 0.25) is 0 Å². The Morgan fingerprint density at radius 2 is 2.16 bits per heavy atom. The minimum Gasteiger partial charge on any atom is -0.496 e. The smallest absolute Gasteiger partial charge is 0.317 e. The van der Waals surface area contributed by atoms with Gasteiger partial charge in [-0.05, 0) is 32.8 Å². The van der Waals surface area contributed by atoms with E-state index >= 15 is 0 Å². The lowest BCUT2D eigenvalue weighted by molar-refractivity contribution is 0.177. The second-order valence-corrected chi connectivity index (χ2v) is 6.55. The highest BCUT2D eigenvalue weighted by Crippen LogP contribution is 2.28. The van der Waals surface area contributed by atoms with Gasteiger partial charge in [0.15, 0.2) is 0 Å². The summed E-state index contributed by atoms with van der Waals surface area (Å²) in [6.07, 6.45) is 3.32. The number of hydrogen-bond donors (Lipinski definition) is 2. The molecule has 2 aromatic rings. The highest BCUT2D eigenvalue weighted by atomic mass is 16.5. The van der Waals surface area contributed by atoms with E-state index in [1.54, 1.807) is 7.11 Å². The standard InChI is InChI=1S/C18H25N5O2/c1-12-4-5-16(25-3)15(10-12)13(2)21-18(24)23-8-6-14(7-9-23)17-19-11-20-22-17/h4-5,10-11,13-14H,6-9H2,1-3H3,(H,21,24)(H,19,20,22)/t13-/m0/s1. The van der Waals surface area contributed by atoms with Crippen LogP contribution in [0, 0.1) is 6.92 Å². The molecule has 1 aliphatic rings. The van der Waals surface area contributed by atoms with Gasteiger partial charge in [0, 0.05) is 24.6 Å². The van der Waals surface area contributed by atoms with E-state index in [9.17, 15) is 4.79 Å². The number of aromatic nitrogens is 3. The SMILES string of the molecule is COc1ccc(C)cc1[C@H](C)NC(=O)N1CCC(c2ncn[nH]2)CC1. The summed E-state index contributed by atoms with van der Waals surface area (Å²) < 4.78 is 5.42. The van der Waals surface area contributed by atoms with Gasteiger partial charge >= 0.3 is 6.03 Å². The van der Waals surface area contributed by atoms with Crippen LogP contribution >= 0.6 is 0 Å². The first-order chi connectivity index (χ1) is 12.1. The molecule has 0 unspecified atom stereocenters. The molecular weight excluding hydrogens is 318 g/mol. The van der Waals surface area contributed by atoms with Crippen molar-refractivity contribution in [3.8, 4) is 5.75 Å². The van der Waals surface area contributed by atoms with Gasteiger partial charge in [-0.25, -0.2) is 9.78 Å². The molecule has 0 saturated carbocycles. The van der Waals surface area contributed by atoms with Crippen molar-refractivity contribution in [1.82, 2.24) is 25.4 Å². The molecule has 134 valence electrons. The van der Waals surface area contributed by atoms with Gasteiger partial charge in [-0.3, -0.25) is 5.10 Å². The first-order valence-corrected chi connectivity index (χ1v) is 8.63. The van der Waals surface area contributed by atoms with Crippen LogP contribution in [-0.4, -0.2) is 46.3 Å². The summed E-state index contributed by atoms with van der Waals surface area (Å²) in [5, 5.41) is 9.92. The number of aryl methyl sites for hydroxylation is 1. The Bertz CT molecular complexity index is 708. The first kappa shape index (κ1) is 17.3. The lowest BCUT2D eigenvalue weighted by Crippen LogP contribution is -2.45. The third kappa shape index (κ3) is 3.92. The van der Waals surface area contributed by atoms with E-state index in [-0.39, 0.29) is 12.1 Å². The minimum atomic E-state index is -0.116. The zero-order valence-electron chi connectivity index (χ0n) is 15.0. The van der Waals surface area contributed by atoms with Gasteiger partial charge in [-0.15, -0.1) is 0 Å². The number of aromatic amines is 1. The molecule has 3 rings (SSSR count). The molecule has 1 aromatic heterocycles. The van der Waals surface area contributed by atoms with Gasteiger partial charge < -0.3 is 15.0 Å². The molecule has 0 radical (unpaired) electrons. The predicted octanol–water partition coefficient (Wildman–Crippen LogP) is 2.77. The molecule has 2 heterocycles. The van der Waals surface area contributed by atoms with Crippen LogP contribution in [-0.2, 0) is 0 Å². The molecule has 2 amide bonds. The van der Waals surface area contributed by atoms with Crippen molar-refractivity contribution >= 4 is 6.03 Å². The van der Waals surface area contributed by atoms with Crippen LogP contribution < -0.4 is 10.1 Å². The molecule has 1 atom stereocenters. The maximum Gasteiger partial charge on any atom is 0.317 e. The third-order valence-electron chi connectivity index (χ3n) is 4.79. The molecule has 0 aliphatic carbocycles. The monoisotopic (exact) mass is 343 g/mol. The maximum atomic E-state index is 12.6. The van der Waals surface area contributed by atoms with Gasteiger partial charge in [-0.1, -0.05) is 17.7 Å². The number of benzene rings is 1. The zero-order chi connectivity index (χ0) is 17.8. The number of piperidine rings is 1. The Labute approximate surface area is 147 Å². The summed E-state index contributed by atoms with van der Waals surface area (Å²) in [5.74, 6) is 2.06. The van der Waals surface area contributed by atoms with Gasteiger partial charge in [0.25, 0.3) is 0 Å². The number of rotatable bonds is 4. The average molecular weight is 343 g/mol. The first-order valence-electron chi connectivity index (χ1n) is 8.63. The molecule has 1 aromatic carbocycles. The van der Waals surface area contributed by atoms with Crippen molar-refractivity contribution in [2.24, 2.45) is 0 Å². The fourth-order valence-electron chi connectivity index (χ4n) is 3.31. The van der Waals surface area contributed by atoms with E-state index in [1.807, 2.05) is 30.9 Å². The number of carbonyl (C=O) groups excluding carboxylic acids is 1. The number of H-pyrrole nitrogens is 1. The maximum absolute atomic E-state index is 12.6. The predicted molar refractivity (Wildman–Crippen MR) is 94.6 cm³/mol. The van der Waals surface area contributed by atoms with Gasteiger partial charge in [0.1, 0.15) is 17.9 Å². The van der Waals surface area contributed by atoms with E-state index in [0.717, 1.165) is 48.6 Å². The Kier molecular flexibility index (Phi) is 5.21. The molecule has 0 spiro atoms. The van der Waals surface area contributed by atoms with E-state index < -0.39 is 0 Å². The van der Waals surface area contributed by atoms with E-state index in [1.165, 1.54) is 6.33 Å². The van der Waals surface area contributed by atoms with E-state index in [0.29, 0.717) is 5.92 Å². The van der Waals surface area contributed by atoms with Crippen molar-refractivity contribution in [3.05, 3.63) is 41.5 Å². The Hall–Kier alpha value is -2.57. The van der Waals surface area contributed by atoms with Crippen LogP contribution in [0.4, 0.5) is 4.79 Å². The van der Waals surface area contributed by atoms with Crippen LogP contribution in [0.1, 0.15) is 48.7 Å². The quantitative estimate of drug-likeness (QED) is 0.894. The summed E-state index contributed by atoms with van der Waals surface area (Å²) in [6, 6.07) is 5.85. The normalized spacial score (nSPS) is 16.5. The van der Waals surface area contributed by atoms with Crippen molar-refractivity contribution in [3.63, 3.8) is 0 Å². The number of urea groups is 1. The highest BCUT2D eigenvalue weighted by Gasteiger charge is 2.26. The molecule has 0 bridgehead atoms. The molecule has 7 nitrogen and oxygen atoms in total. The Balaban J connectivity index is 1.58. The van der Waals surface area contributed by atoms with Crippen LogP contribution in [0.2, 0.25) is 0 Å². The van der Waals surface area contributed by atoms with Crippen LogP contribution in [0.15, 0.2) is 24.5 Å². The summed E-state index contributed by atoms with van der Waals surface area (Å²) in [5.41, 5.74) is 2.14. The fraction of sp³-hybridized carbons (Fsp3) is 0.500. The number of nitrogens with zero attached hydrogens (tertiary/aromatic N) is 3. The molecule has 7 heteroatoms. The molecular formula is C18H25N5O2. The van der Waals surface area contributed by atoms with Crippen LogP contribution in [0.3, 0.4) is 0 Å². The second-order valence-electron chi connectivity index (χ2n) is 6.55. The Morgan fingerprint density at radius 3 is 2.80 bits per heavy atom. The van der Waals surface area contributed by atoms with Gasteiger partial charge in [-0.2, -0.15) is 5.10 Å². The molecule has 1 aliphatic heterocycles. The fourth-order valence-corrected chi connectivity index (χ4v) is 3.31. The lowest BCUT2D eigenvalue weighted by atomic mass is 9.96. The van der Waals surface area contributed by atoms with Crippen molar-refractivity contribution in [2.75, 3.05) is 20.2 Å². The van der Waals surface area contributed by atoms with Crippen LogP contribution in [0.5, 0.6) is 5.75 Å². The topological polar surface area (TPSA) is 83.1 Å². The molecule has 2 N–H and O–H groups in total. The molecule has 25 heavy (non-hydrogen) atoms. The van der Waals surface area contributed by atoms with Crippen molar-refractivity contribution in [2.45, 2.75) is 38.6 Å². The highest BCUT2D eigenvalue weighted by molar-refractivity contribution is 5.75.